The van der Waals surface area contributed by atoms with Crippen LogP contribution in [0.25, 0.3) is 0 Å². The van der Waals surface area contributed by atoms with Crippen molar-refractivity contribution in [1.82, 2.24) is 0 Å². The smallest absolute Gasteiger partial charge is 0.335 e. The minimum absolute atomic E-state index is 0.0887. The van der Waals surface area contributed by atoms with Crippen LogP contribution in [-0.4, -0.2) is 19.5 Å². The highest BCUT2D eigenvalue weighted by molar-refractivity contribution is 7.98. The Morgan fingerprint density at radius 2 is 1.77 bits per heavy atom. The van der Waals surface area contributed by atoms with E-state index >= 15 is 0 Å². The summed E-state index contributed by atoms with van der Waals surface area (Å²) >= 11 is 1.28. The minimum atomic E-state index is -3.98. The van der Waals surface area contributed by atoms with E-state index in [0.717, 1.165) is 17.0 Å². The number of hydrogen-bond donors (Lipinski definition) is 2. The Kier molecular flexibility index (Phi) is 6.42. The summed E-state index contributed by atoms with van der Waals surface area (Å²) in [5.41, 5.74) is 0.888. The second-order valence-electron chi connectivity index (χ2n) is 6.41. The summed E-state index contributed by atoms with van der Waals surface area (Å²) < 4.78 is 54.5. The zero-order valence-corrected chi connectivity index (χ0v) is 17.4. The second kappa shape index (κ2) is 8.85. The van der Waals surface area contributed by atoms with Gasteiger partial charge in [-0.05, 0) is 55.0 Å². The maximum absolute atomic E-state index is 13.7. The summed E-state index contributed by atoms with van der Waals surface area (Å²) in [7, 11) is -3.98. The Bertz CT molecular complexity index is 1200. The quantitative estimate of drug-likeness (QED) is 0.493. The molecule has 5 nitrogen and oxygen atoms in total. The van der Waals surface area contributed by atoms with Crippen LogP contribution >= 0.6 is 11.8 Å². The van der Waals surface area contributed by atoms with Crippen molar-refractivity contribution in [3.05, 3.63) is 89.0 Å². The number of carbonyl (C=O) groups is 1. The lowest BCUT2D eigenvalue weighted by Crippen LogP contribution is -2.14. The number of carboxylic acids is 1. The highest BCUT2D eigenvalue weighted by Crippen LogP contribution is 2.27. The molecule has 3 aromatic carbocycles. The van der Waals surface area contributed by atoms with Crippen molar-refractivity contribution < 1.29 is 27.1 Å². The van der Waals surface area contributed by atoms with Gasteiger partial charge in [0.25, 0.3) is 10.0 Å². The van der Waals surface area contributed by atoms with Gasteiger partial charge in [-0.25, -0.2) is 22.0 Å². The van der Waals surface area contributed by atoms with E-state index in [1.165, 1.54) is 48.2 Å². The molecule has 0 saturated carbocycles. The van der Waals surface area contributed by atoms with Crippen molar-refractivity contribution in [3.63, 3.8) is 0 Å². The molecule has 0 unspecified atom stereocenters. The SMILES string of the molecule is Cc1ccc(S(=O)(=O)Nc2ccc(SCc3cccc(F)c3F)cc2)cc1C(=O)O. The van der Waals surface area contributed by atoms with Crippen molar-refractivity contribution in [2.45, 2.75) is 22.5 Å². The molecule has 0 radical (unpaired) electrons. The lowest BCUT2D eigenvalue weighted by atomic mass is 10.1. The molecular formula is C21H17F2NO4S2. The van der Waals surface area contributed by atoms with E-state index in [9.17, 15) is 27.1 Å². The van der Waals surface area contributed by atoms with Gasteiger partial charge < -0.3 is 5.11 Å². The van der Waals surface area contributed by atoms with Crippen LogP contribution in [-0.2, 0) is 15.8 Å². The van der Waals surface area contributed by atoms with Gasteiger partial charge in [0.05, 0.1) is 10.5 Å². The van der Waals surface area contributed by atoms with E-state index in [1.54, 1.807) is 19.1 Å². The molecule has 0 aliphatic carbocycles. The molecule has 0 spiro atoms. The van der Waals surface area contributed by atoms with E-state index in [1.807, 2.05) is 0 Å². The number of sulfonamides is 1. The van der Waals surface area contributed by atoms with Gasteiger partial charge in [-0.1, -0.05) is 18.2 Å². The summed E-state index contributed by atoms with van der Waals surface area (Å²) in [6, 6.07) is 14.2. The number of benzene rings is 3. The normalized spacial score (nSPS) is 11.3. The predicted molar refractivity (Wildman–Crippen MR) is 111 cm³/mol. The van der Waals surface area contributed by atoms with Crippen LogP contribution < -0.4 is 4.72 Å². The zero-order chi connectivity index (χ0) is 21.9. The molecule has 30 heavy (non-hydrogen) atoms. The highest BCUT2D eigenvalue weighted by Gasteiger charge is 2.18. The van der Waals surface area contributed by atoms with Gasteiger partial charge in [0.1, 0.15) is 0 Å². The number of rotatable bonds is 7. The third-order valence-electron chi connectivity index (χ3n) is 4.28. The summed E-state index contributed by atoms with van der Waals surface area (Å²) in [5, 5.41) is 9.18. The molecule has 156 valence electrons. The molecule has 0 heterocycles. The molecular weight excluding hydrogens is 432 g/mol. The fraction of sp³-hybridized carbons (Fsp3) is 0.0952. The topological polar surface area (TPSA) is 83.5 Å². The summed E-state index contributed by atoms with van der Waals surface area (Å²) in [4.78, 5) is 11.8. The van der Waals surface area contributed by atoms with Gasteiger partial charge in [0, 0.05) is 21.9 Å². The van der Waals surface area contributed by atoms with Crippen molar-refractivity contribution in [3.8, 4) is 0 Å². The maximum atomic E-state index is 13.7. The molecule has 0 amide bonds. The first-order valence-corrected chi connectivity index (χ1v) is 11.2. The van der Waals surface area contributed by atoms with Crippen molar-refractivity contribution >= 4 is 33.4 Å². The predicted octanol–water partition coefficient (Wildman–Crippen LogP) is 5.06. The number of nitrogens with one attached hydrogen (secondary N) is 1. The van der Waals surface area contributed by atoms with Crippen LogP contribution in [0.15, 0.2) is 70.5 Å². The summed E-state index contributed by atoms with van der Waals surface area (Å²) in [6.45, 7) is 1.58. The fourth-order valence-electron chi connectivity index (χ4n) is 2.65. The summed E-state index contributed by atoms with van der Waals surface area (Å²) in [6.07, 6.45) is 0. The first-order valence-electron chi connectivity index (χ1n) is 8.70. The maximum Gasteiger partial charge on any atom is 0.335 e. The molecule has 0 fully saturated rings. The third-order valence-corrected chi connectivity index (χ3v) is 6.72. The monoisotopic (exact) mass is 449 g/mol. The molecule has 0 bridgehead atoms. The number of aryl methyl sites for hydroxylation is 1. The molecule has 0 aliphatic rings. The fourth-order valence-corrected chi connectivity index (χ4v) is 4.61. The number of carboxylic acid groups (broad SMARTS) is 1. The van der Waals surface area contributed by atoms with E-state index in [4.69, 9.17) is 0 Å². The first kappa shape index (κ1) is 21.8. The van der Waals surface area contributed by atoms with Crippen molar-refractivity contribution in [2.24, 2.45) is 0 Å². The van der Waals surface area contributed by atoms with Crippen LogP contribution in [0.1, 0.15) is 21.5 Å². The lowest BCUT2D eigenvalue weighted by molar-refractivity contribution is 0.0696. The Labute approximate surface area is 176 Å². The molecule has 2 N–H and O–H groups in total. The largest absolute Gasteiger partial charge is 0.478 e. The van der Waals surface area contributed by atoms with Crippen LogP contribution in [0.3, 0.4) is 0 Å². The van der Waals surface area contributed by atoms with E-state index in [2.05, 4.69) is 4.72 Å². The molecule has 0 atom stereocenters. The standard InChI is InChI=1S/C21H17F2NO4S2/c1-13-5-10-17(11-18(13)21(25)26)30(27,28)24-15-6-8-16(9-7-15)29-12-14-3-2-4-19(22)20(14)23/h2-11,24H,12H2,1H3,(H,25,26). The Balaban J connectivity index is 1.71. The number of hydrogen-bond acceptors (Lipinski definition) is 4. The summed E-state index contributed by atoms with van der Waals surface area (Å²) in [5.74, 6) is -2.77. The van der Waals surface area contributed by atoms with E-state index < -0.39 is 27.6 Å². The average molecular weight is 450 g/mol. The van der Waals surface area contributed by atoms with Gasteiger partial charge in [0.2, 0.25) is 0 Å². The Morgan fingerprint density at radius 3 is 2.43 bits per heavy atom. The van der Waals surface area contributed by atoms with Crippen molar-refractivity contribution in [2.75, 3.05) is 4.72 Å². The highest BCUT2D eigenvalue weighted by atomic mass is 32.2. The number of anilines is 1. The molecule has 0 aromatic heterocycles. The Hall–Kier alpha value is -2.91. The van der Waals surface area contributed by atoms with Crippen LogP contribution in [0, 0.1) is 18.6 Å². The average Bonchev–Trinajstić information content (AvgIpc) is 2.70. The molecule has 0 saturated heterocycles. The number of halogens is 2. The molecule has 0 aliphatic heterocycles. The second-order valence-corrected chi connectivity index (χ2v) is 9.14. The molecule has 3 aromatic rings. The van der Waals surface area contributed by atoms with Crippen LogP contribution in [0.2, 0.25) is 0 Å². The molecule has 9 heteroatoms. The first-order chi connectivity index (χ1) is 14.2. The number of aromatic carboxylic acids is 1. The van der Waals surface area contributed by atoms with E-state index in [0.29, 0.717) is 5.56 Å². The lowest BCUT2D eigenvalue weighted by Gasteiger charge is -2.10. The van der Waals surface area contributed by atoms with Crippen LogP contribution in [0.5, 0.6) is 0 Å². The Morgan fingerprint density at radius 1 is 1.07 bits per heavy atom. The van der Waals surface area contributed by atoms with Crippen molar-refractivity contribution in [1.29, 1.82) is 0 Å². The van der Waals surface area contributed by atoms with Gasteiger partial charge >= 0.3 is 5.97 Å². The van der Waals surface area contributed by atoms with Gasteiger partial charge in [-0.15, -0.1) is 11.8 Å². The van der Waals surface area contributed by atoms with E-state index in [-0.39, 0.29) is 27.5 Å². The zero-order valence-electron chi connectivity index (χ0n) is 15.7. The van der Waals surface area contributed by atoms with Gasteiger partial charge in [-0.3, -0.25) is 4.72 Å². The minimum Gasteiger partial charge on any atom is -0.478 e. The van der Waals surface area contributed by atoms with Gasteiger partial charge in [-0.2, -0.15) is 0 Å². The van der Waals surface area contributed by atoms with Gasteiger partial charge in [0.15, 0.2) is 11.6 Å². The third kappa shape index (κ3) is 4.98. The number of thioether (sulfide) groups is 1. The molecule has 3 rings (SSSR count). The van der Waals surface area contributed by atoms with Crippen LogP contribution in [0.4, 0.5) is 14.5 Å².